The molecule has 1 aromatic rings. The quantitative estimate of drug-likeness (QED) is 0.834. The molecular weight excluding hydrogens is 248 g/mol. The van der Waals surface area contributed by atoms with E-state index in [1.165, 1.54) is 0 Å². The van der Waals surface area contributed by atoms with Crippen molar-refractivity contribution in [1.82, 2.24) is 0 Å². The number of aliphatic hydroxyl groups is 1. The molecule has 1 unspecified atom stereocenters. The summed E-state index contributed by atoms with van der Waals surface area (Å²) < 4.78 is 13.5. The monoisotopic (exact) mass is 268 g/mol. The van der Waals surface area contributed by atoms with Gasteiger partial charge in [0.05, 0.1) is 18.9 Å². The second kappa shape index (κ2) is 6.28. The molecule has 0 spiro atoms. The lowest BCUT2D eigenvalue weighted by atomic mass is 10.4. The Hall–Kier alpha value is -0.713. The second-order valence-electron chi connectivity index (χ2n) is 4.91. The van der Waals surface area contributed by atoms with Crippen molar-refractivity contribution in [1.29, 1.82) is 0 Å². The molecule has 0 fully saturated rings. The average Bonchev–Trinajstić information content (AvgIpc) is 2.29. The fraction of sp³-hybridized carbons (Fsp3) is 0.385. The average molecular weight is 268 g/mol. The molecule has 4 heteroatoms. The van der Waals surface area contributed by atoms with E-state index in [0.717, 1.165) is 9.42 Å². The molecule has 0 bridgehead atoms. The van der Waals surface area contributed by atoms with E-state index in [1.807, 2.05) is 36.4 Å². The Morgan fingerprint density at radius 1 is 1.29 bits per heavy atom. The molecule has 17 heavy (non-hydrogen) atoms. The van der Waals surface area contributed by atoms with E-state index in [4.69, 9.17) is 5.11 Å². The Morgan fingerprint density at radius 3 is 2.35 bits per heavy atom. The van der Waals surface area contributed by atoms with Crippen molar-refractivity contribution in [3.05, 3.63) is 40.9 Å². The van der Waals surface area contributed by atoms with Gasteiger partial charge < -0.3 is 5.11 Å². The molecule has 94 valence electrons. The van der Waals surface area contributed by atoms with Gasteiger partial charge in [-0.2, -0.15) is 0 Å². The van der Waals surface area contributed by atoms with Crippen LogP contribution in [0, 0.1) is 0 Å². The maximum Gasteiger partial charge on any atom is 0.0891 e. The summed E-state index contributed by atoms with van der Waals surface area (Å²) in [6.07, 6.45) is 2.54. The first kappa shape index (κ1) is 14.3. The van der Waals surface area contributed by atoms with Crippen LogP contribution in [0.5, 0.6) is 0 Å². The van der Waals surface area contributed by atoms with Gasteiger partial charge in [-0.1, -0.05) is 43.9 Å². The molecule has 0 aliphatic heterocycles. The molecule has 1 N–H and O–H groups in total. The third kappa shape index (κ3) is 4.22. The van der Waals surface area contributed by atoms with Gasteiger partial charge in [0.15, 0.2) is 0 Å². The number of rotatable bonds is 5. The minimum atomic E-state index is -1.62. The van der Waals surface area contributed by atoms with Crippen LogP contribution >= 0.6 is 0 Å². The SMILES string of the molecule is C[Si](C)(C)C(=CCCO)S(=O)c1ccccc1. The Morgan fingerprint density at radius 2 is 1.88 bits per heavy atom. The van der Waals surface area contributed by atoms with Gasteiger partial charge in [-0.25, -0.2) is 4.21 Å². The third-order valence-electron chi connectivity index (χ3n) is 2.36. The zero-order chi connectivity index (χ0) is 12.9. The Labute approximate surface area is 107 Å². The van der Waals surface area contributed by atoms with Crippen molar-refractivity contribution >= 4 is 18.9 Å². The van der Waals surface area contributed by atoms with Gasteiger partial charge in [-0.05, 0) is 18.6 Å². The van der Waals surface area contributed by atoms with Gasteiger partial charge in [-0.15, -0.1) is 0 Å². The van der Waals surface area contributed by atoms with Crippen molar-refractivity contribution in [2.75, 3.05) is 6.61 Å². The summed E-state index contributed by atoms with van der Waals surface area (Å²) in [6, 6.07) is 9.51. The maximum absolute atomic E-state index is 12.5. The molecule has 2 nitrogen and oxygen atoms in total. The first-order valence-electron chi connectivity index (χ1n) is 5.75. The highest BCUT2D eigenvalue weighted by Crippen LogP contribution is 2.24. The van der Waals surface area contributed by atoms with Gasteiger partial charge in [0.1, 0.15) is 0 Å². The van der Waals surface area contributed by atoms with Crippen molar-refractivity contribution < 1.29 is 9.32 Å². The minimum absolute atomic E-state index is 0.111. The van der Waals surface area contributed by atoms with E-state index < -0.39 is 18.9 Å². The largest absolute Gasteiger partial charge is 0.396 e. The van der Waals surface area contributed by atoms with E-state index in [2.05, 4.69) is 19.6 Å². The van der Waals surface area contributed by atoms with Crippen molar-refractivity contribution in [2.24, 2.45) is 0 Å². The lowest BCUT2D eigenvalue weighted by Crippen LogP contribution is -2.27. The Bertz CT molecular complexity index is 407. The van der Waals surface area contributed by atoms with Crippen LogP contribution in [-0.4, -0.2) is 24.0 Å². The van der Waals surface area contributed by atoms with E-state index >= 15 is 0 Å². The molecule has 0 heterocycles. The molecule has 0 saturated heterocycles. The standard InChI is InChI=1S/C13H20O2SSi/c1-17(2,3)13(10-7-11-14)16(15)12-8-5-4-6-9-12/h4-6,8-10,14H,7,11H2,1-3H3. The Kier molecular flexibility index (Phi) is 5.30. The van der Waals surface area contributed by atoms with Crippen LogP contribution in [-0.2, 0) is 10.8 Å². The van der Waals surface area contributed by atoms with Crippen molar-refractivity contribution in [3.8, 4) is 0 Å². The summed E-state index contributed by atoms with van der Waals surface area (Å²) in [5.41, 5.74) is 0. The van der Waals surface area contributed by atoms with Crippen molar-refractivity contribution in [2.45, 2.75) is 31.0 Å². The van der Waals surface area contributed by atoms with E-state index in [0.29, 0.717) is 6.42 Å². The van der Waals surface area contributed by atoms with E-state index in [1.54, 1.807) is 0 Å². The smallest absolute Gasteiger partial charge is 0.0891 e. The van der Waals surface area contributed by atoms with Gasteiger partial charge in [0, 0.05) is 16.0 Å². The molecule has 0 amide bonds. The van der Waals surface area contributed by atoms with Crippen LogP contribution in [0.15, 0.2) is 45.8 Å². The molecule has 0 radical (unpaired) electrons. The van der Waals surface area contributed by atoms with Gasteiger partial charge in [0.2, 0.25) is 0 Å². The van der Waals surface area contributed by atoms with Crippen LogP contribution < -0.4 is 0 Å². The van der Waals surface area contributed by atoms with Gasteiger partial charge in [0.25, 0.3) is 0 Å². The normalized spacial score (nSPS) is 14.7. The lowest BCUT2D eigenvalue weighted by molar-refractivity contribution is 0.302. The highest BCUT2D eigenvalue weighted by Gasteiger charge is 2.25. The van der Waals surface area contributed by atoms with Crippen molar-refractivity contribution in [3.63, 3.8) is 0 Å². The van der Waals surface area contributed by atoms with Gasteiger partial charge in [-0.3, -0.25) is 0 Å². The van der Waals surface area contributed by atoms with Crippen LogP contribution in [0.3, 0.4) is 0 Å². The molecule has 0 aromatic heterocycles. The summed E-state index contributed by atoms with van der Waals surface area (Å²) >= 11 is 0. The molecule has 0 aliphatic rings. The third-order valence-corrected chi connectivity index (χ3v) is 7.70. The topological polar surface area (TPSA) is 37.3 Å². The highest BCUT2D eigenvalue weighted by atomic mass is 32.2. The number of benzene rings is 1. The first-order chi connectivity index (χ1) is 7.96. The number of hydrogen-bond donors (Lipinski definition) is 1. The number of aliphatic hydroxyl groups excluding tert-OH is 1. The zero-order valence-corrected chi connectivity index (χ0v) is 12.5. The Balaban J connectivity index is 3.05. The molecule has 1 aromatic carbocycles. The second-order valence-corrected chi connectivity index (χ2v) is 11.8. The summed E-state index contributed by atoms with van der Waals surface area (Å²) in [6.45, 7) is 6.64. The highest BCUT2D eigenvalue weighted by molar-refractivity contribution is 7.91. The maximum atomic E-state index is 12.5. The van der Waals surface area contributed by atoms with Crippen LogP contribution in [0.4, 0.5) is 0 Å². The van der Waals surface area contributed by atoms with Crippen LogP contribution in [0.2, 0.25) is 19.6 Å². The summed E-state index contributed by atoms with van der Waals surface area (Å²) in [7, 11) is -2.70. The fourth-order valence-electron chi connectivity index (χ4n) is 1.53. The predicted molar refractivity (Wildman–Crippen MR) is 76.0 cm³/mol. The molecule has 0 saturated carbocycles. The first-order valence-corrected chi connectivity index (χ1v) is 10.4. The van der Waals surface area contributed by atoms with E-state index in [9.17, 15) is 4.21 Å². The van der Waals surface area contributed by atoms with Crippen LogP contribution in [0.1, 0.15) is 6.42 Å². The predicted octanol–water partition coefficient (Wildman–Crippen LogP) is 2.94. The zero-order valence-electron chi connectivity index (χ0n) is 10.6. The fourth-order valence-corrected chi connectivity index (χ4v) is 5.79. The summed E-state index contributed by atoms with van der Waals surface area (Å²) in [4.78, 5) is 0.846. The summed E-state index contributed by atoms with van der Waals surface area (Å²) in [5.74, 6) is 0. The molecule has 1 rings (SSSR count). The lowest BCUT2D eigenvalue weighted by Gasteiger charge is -2.20. The van der Waals surface area contributed by atoms with Crippen LogP contribution in [0.25, 0.3) is 0 Å². The molecule has 1 atom stereocenters. The van der Waals surface area contributed by atoms with E-state index in [-0.39, 0.29) is 6.61 Å². The minimum Gasteiger partial charge on any atom is -0.396 e. The number of hydrogen-bond acceptors (Lipinski definition) is 2. The molecular formula is C13H20O2SSi. The summed E-state index contributed by atoms with van der Waals surface area (Å²) in [5, 5.41) is 8.91. The van der Waals surface area contributed by atoms with Gasteiger partial charge >= 0.3 is 0 Å². The molecule has 0 aliphatic carbocycles.